The molecule has 2 aromatic rings. The van der Waals surface area contributed by atoms with Gasteiger partial charge in [0.05, 0.1) is 6.26 Å². The number of anilines is 1. The van der Waals surface area contributed by atoms with E-state index >= 15 is 0 Å². The molecule has 0 spiro atoms. The summed E-state index contributed by atoms with van der Waals surface area (Å²) in [4.78, 5) is 10.4. The van der Waals surface area contributed by atoms with Crippen LogP contribution in [-0.4, -0.2) is 11.5 Å². The average molecular weight is 260 g/mol. The zero-order chi connectivity index (χ0) is 13.8. The number of aryl methyl sites for hydroxylation is 2. The highest BCUT2D eigenvalue weighted by atomic mass is 16.6. The van der Waals surface area contributed by atoms with E-state index in [1.807, 2.05) is 32.0 Å². The molecule has 0 fully saturated rings. The lowest BCUT2D eigenvalue weighted by atomic mass is 10.1. The Kier molecular flexibility index (Phi) is 3.85. The Hall–Kier alpha value is -2.30. The Balaban J connectivity index is 2.25. The fourth-order valence-electron chi connectivity index (χ4n) is 1.92. The summed E-state index contributed by atoms with van der Waals surface area (Å²) in [5, 5.41) is 14.0. The second kappa shape index (κ2) is 5.56. The molecule has 0 aliphatic rings. The molecule has 0 saturated carbocycles. The first-order chi connectivity index (χ1) is 9.06. The van der Waals surface area contributed by atoms with Crippen molar-refractivity contribution in [2.75, 3.05) is 11.9 Å². The smallest absolute Gasteiger partial charge is 0.231 e. The van der Waals surface area contributed by atoms with Gasteiger partial charge in [0, 0.05) is 10.6 Å². The van der Waals surface area contributed by atoms with Crippen molar-refractivity contribution in [3.63, 3.8) is 0 Å². The molecule has 19 heavy (non-hydrogen) atoms. The van der Waals surface area contributed by atoms with Crippen LogP contribution in [0.4, 0.5) is 5.69 Å². The average Bonchev–Trinajstić information content (AvgIpc) is 2.86. The van der Waals surface area contributed by atoms with Crippen LogP contribution in [-0.2, 0) is 0 Å². The lowest BCUT2D eigenvalue weighted by Crippen LogP contribution is -2.20. The van der Waals surface area contributed by atoms with Crippen LogP contribution in [0.2, 0.25) is 0 Å². The third kappa shape index (κ3) is 3.34. The minimum Gasteiger partial charge on any atom is -0.467 e. The van der Waals surface area contributed by atoms with Crippen LogP contribution in [0.25, 0.3) is 0 Å². The van der Waals surface area contributed by atoms with Crippen LogP contribution < -0.4 is 5.32 Å². The molecule has 0 amide bonds. The molecule has 0 aliphatic heterocycles. The van der Waals surface area contributed by atoms with E-state index in [4.69, 9.17) is 4.42 Å². The van der Waals surface area contributed by atoms with E-state index in [9.17, 15) is 10.1 Å². The normalized spacial score (nSPS) is 12.1. The van der Waals surface area contributed by atoms with Crippen molar-refractivity contribution in [3.05, 3.63) is 63.6 Å². The molecule has 2 rings (SSSR count). The van der Waals surface area contributed by atoms with Gasteiger partial charge in [0.25, 0.3) is 0 Å². The second-order valence-electron chi connectivity index (χ2n) is 4.55. The lowest BCUT2D eigenvalue weighted by Gasteiger charge is -2.16. The van der Waals surface area contributed by atoms with E-state index in [-0.39, 0.29) is 11.5 Å². The summed E-state index contributed by atoms with van der Waals surface area (Å²) in [6.07, 6.45) is 1.52. The topological polar surface area (TPSA) is 68.3 Å². The molecule has 5 heteroatoms. The van der Waals surface area contributed by atoms with E-state index in [0.29, 0.717) is 5.76 Å². The standard InChI is InChI=1S/C14H16N2O3/c1-10-5-6-11(2)12(8-10)15-13(9-16(17)18)14-4-3-7-19-14/h3-8,13,15H,9H2,1-2H3. The molecule has 100 valence electrons. The maximum Gasteiger partial charge on any atom is 0.231 e. The number of benzene rings is 1. The molecule has 1 unspecified atom stereocenters. The largest absolute Gasteiger partial charge is 0.467 e. The van der Waals surface area contributed by atoms with Gasteiger partial charge in [-0.2, -0.15) is 0 Å². The van der Waals surface area contributed by atoms with Crippen molar-refractivity contribution in [3.8, 4) is 0 Å². The molecule has 1 aromatic carbocycles. The molecular formula is C14H16N2O3. The van der Waals surface area contributed by atoms with E-state index in [2.05, 4.69) is 5.32 Å². The zero-order valence-corrected chi connectivity index (χ0v) is 10.9. The van der Waals surface area contributed by atoms with E-state index in [1.54, 1.807) is 12.1 Å². The number of furan rings is 1. The molecule has 1 atom stereocenters. The van der Waals surface area contributed by atoms with Gasteiger partial charge in [0.1, 0.15) is 11.8 Å². The van der Waals surface area contributed by atoms with Crippen LogP contribution >= 0.6 is 0 Å². The van der Waals surface area contributed by atoms with Crippen LogP contribution in [0.5, 0.6) is 0 Å². The van der Waals surface area contributed by atoms with Crippen molar-refractivity contribution in [1.29, 1.82) is 0 Å². The summed E-state index contributed by atoms with van der Waals surface area (Å²) >= 11 is 0. The van der Waals surface area contributed by atoms with E-state index < -0.39 is 6.04 Å². The van der Waals surface area contributed by atoms with Gasteiger partial charge in [-0.3, -0.25) is 10.1 Å². The molecule has 1 heterocycles. The molecule has 1 N–H and O–H groups in total. The number of hydrogen-bond acceptors (Lipinski definition) is 4. The van der Waals surface area contributed by atoms with Gasteiger partial charge in [-0.25, -0.2) is 0 Å². The Morgan fingerprint density at radius 3 is 2.79 bits per heavy atom. The fraction of sp³-hybridized carbons (Fsp3) is 0.286. The van der Waals surface area contributed by atoms with Crippen molar-refractivity contribution in [1.82, 2.24) is 0 Å². The highest BCUT2D eigenvalue weighted by Gasteiger charge is 2.20. The van der Waals surface area contributed by atoms with Crippen molar-refractivity contribution < 1.29 is 9.34 Å². The molecule has 0 radical (unpaired) electrons. The third-order valence-electron chi connectivity index (χ3n) is 2.94. The van der Waals surface area contributed by atoms with Crippen LogP contribution in [0.15, 0.2) is 41.0 Å². The number of nitro groups is 1. The maximum absolute atomic E-state index is 10.8. The number of nitrogens with zero attached hydrogens (tertiary/aromatic N) is 1. The highest BCUT2D eigenvalue weighted by molar-refractivity contribution is 5.53. The quantitative estimate of drug-likeness (QED) is 0.661. The summed E-state index contributed by atoms with van der Waals surface area (Å²) in [5.41, 5.74) is 3.04. The van der Waals surface area contributed by atoms with Gasteiger partial charge in [-0.15, -0.1) is 0 Å². The van der Waals surface area contributed by atoms with Gasteiger partial charge < -0.3 is 9.73 Å². The Bertz CT molecular complexity index is 564. The predicted molar refractivity (Wildman–Crippen MR) is 72.8 cm³/mol. The Morgan fingerprint density at radius 1 is 1.37 bits per heavy atom. The highest BCUT2D eigenvalue weighted by Crippen LogP contribution is 2.24. The first kappa shape index (κ1) is 13.1. The number of nitrogens with one attached hydrogen (secondary N) is 1. The number of hydrogen-bond donors (Lipinski definition) is 1. The summed E-state index contributed by atoms with van der Waals surface area (Å²) in [6, 6.07) is 8.98. The molecular weight excluding hydrogens is 244 g/mol. The van der Waals surface area contributed by atoms with Gasteiger partial charge >= 0.3 is 0 Å². The SMILES string of the molecule is Cc1ccc(C)c(NC(C[N+](=O)[O-])c2ccco2)c1. The van der Waals surface area contributed by atoms with Crippen molar-refractivity contribution in [2.45, 2.75) is 19.9 Å². The van der Waals surface area contributed by atoms with Gasteiger partial charge in [-0.1, -0.05) is 12.1 Å². The van der Waals surface area contributed by atoms with Crippen molar-refractivity contribution >= 4 is 5.69 Å². The minimum atomic E-state index is -0.467. The molecule has 0 aliphatic carbocycles. The number of rotatable bonds is 5. The maximum atomic E-state index is 10.8. The van der Waals surface area contributed by atoms with E-state index in [0.717, 1.165) is 16.8 Å². The van der Waals surface area contributed by atoms with E-state index in [1.165, 1.54) is 6.26 Å². The Morgan fingerprint density at radius 2 is 2.16 bits per heavy atom. The summed E-state index contributed by atoms with van der Waals surface area (Å²) < 4.78 is 5.27. The zero-order valence-electron chi connectivity index (χ0n) is 10.9. The van der Waals surface area contributed by atoms with Crippen LogP contribution in [0, 0.1) is 24.0 Å². The van der Waals surface area contributed by atoms with Gasteiger partial charge in [0.2, 0.25) is 6.54 Å². The summed E-state index contributed by atoms with van der Waals surface area (Å²) in [7, 11) is 0. The fourth-order valence-corrected chi connectivity index (χ4v) is 1.92. The van der Waals surface area contributed by atoms with Gasteiger partial charge in [-0.05, 0) is 43.2 Å². The minimum absolute atomic E-state index is 0.221. The molecule has 5 nitrogen and oxygen atoms in total. The second-order valence-corrected chi connectivity index (χ2v) is 4.55. The lowest BCUT2D eigenvalue weighted by molar-refractivity contribution is -0.482. The molecule has 0 bridgehead atoms. The summed E-state index contributed by atoms with van der Waals surface area (Å²) in [5.74, 6) is 0.567. The first-order valence-electron chi connectivity index (χ1n) is 6.05. The molecule has 1 aromatic heterocycles. The van der Waals surface area contributed by atoms with Crippen molar-refractivity contribution in [2.24, 2.45) is 0 Å². The van der Waals surface area contributed by atoms with Crippen LogP contribution in [0.1, 0.15) is 22.9 Å². The Labute approximate surface area is 111 Å². The molecule has 0 saturated heterocycles. The van der Waals surface area contributed by atoms with Crippen LogP contribution in [0.3, 0.4) is 0 Å². The third-order valence-corrected chi connectivity index (χ3v) is 2.94. The monoisotopic (exact) mass is 260 g/mol. The predicted octanol–water partition coefficient (Wildman–Crippen LogP) is 3.33. The summed E-state index contributed by atoms with van der Waals surface area (Å²) in [6.45, 7) is 3.73. The van der Waals surface area contributed by atoms with Gasteiger partial charge in [0.15, 0.2) is 0 Å². The first-order valence-corrected chi connectivity index (χ1v) is 6.05.